The first kappa shape index (κ1) is 52.8. The van der Waals surface area contributed by atoms with Gasteiger partial charge in [-0.1, -0.05) is 55.4 Å². The summed E-state index contributed by atoms with van der Waals surface area (Å²) in [6.07, 6.45) is 11.6. The second-order valence-corrected chi connectivity index (χ2v) is 22.4. The van der Waals surface area contributed by atoms with Gasteiger partial charge in [-0.2, -0.15) is 5.10 Å². The molecule has 6 aromatic rings. The molecule has 1 aliphatic carbocycles. The molecule has 0 unspecified atom stereocenters. The van der Waals surface area contributed by atoms with Crippen LogP contribution in [0.15, 0.2) is 95.8 Å². The van der Waals surface area contributed by atoms with E-state index in [1.807, 2.05) is 105 Å². The van der Waals surface area contributed by atoms with Crippen LogP contribution in [0.3, 0.4) is 0 Å². The molecular formula is C59H75N13O6. The van der Waals surface area contributed by atoms with Crippen LogP contribution < -0.4 is 30.5 Å². The highest BCUT2D eigenvalue weighted by Crippen LogP contribution is 2.37. The minimum absolute atomic E-state index is 0.0414. The van der Waals surface area contributed by atoms with Crippen molar-refractivity contribution in [1.29, 1.82) is 0 Å². The first-order valence-electron chi connectivity index (χ1n) is 28.2. The number of piperidine rings is 2. The van der Waals surface area contributed by atoms with Gasteiger partial charge in [-0.25, -0.2) is 4.98 Å². The van der Waals surface area contributed by atoms with Crippen molar-refractivity contribution in [1.82, 2.24) is 45.2 Å². The van der Waals surface area contributed by atoms with Crippen molar-refractivity contribution >= 4 is 34.8 Å². The van der Waals surface area contributed by atoms with Crippen molar-refractivity contribution in [3.05, 3.63) is 103 Å². The molecule has 5 fully saturated rings. The van der Waals surface area contributed by atoms with Gasteiger partial charge in [0.05, 0.1) is 35.3 Å². The maximum absolute atomic E-state index is 14.4. The number of aromatic nitrogens is 6. The predicted molar refractivity (Wildman–Crippen MR) is 299 cm³/mol. The summed E-state index contributed by atoms with van der Waals surface area (Å²) in [5.74, 6) is 2.35. The van der Waals surface area contributed by atoms with Gasteiger partial charge in [-0.3, -0.25) is 14.3 Å². The molecule has 1 saturated carbocycles. The number of nitrogens with two attached hydrogens (primary N) is 1. The van der Waals surface area contributed by atoms with Crippen LogP contribution in [0, 0.1) is 11.8 Å². The Labute approximate surface area is 457 Å². The molecule has 4 aliphatic heterocycles. The third kappa shape index (κ3) is 11.8. The van der Waals surface area contributed by atoms with Gasteiger partial charge in [-0.05, 0) is 98.7 Å². The number of nitrogen functional groups attached to an aromatic ring is 1. The number of phenolic OH excluding ortho intramolecular Hbond substituents is 1. The minimum Gasteiger partial charge on any atom is -0.507 e. The van der Waals surface area contributed by atoms with E-state index < -0.39 is 12.0 Å². The first-order chi connectivity index (χ1) is 37.9. The molecule has 0 radical (unpaired) electrons. The van der Waals surface area contributed by atoms with Crippen LogP contribution in [0.1, 0.15) is 95.4 Å². The average Bonchev–Trinajstić information content (AvgIpc) is 4.29. The zero-order valence-corrected chi connectivity index (χ0v) is 45.5. The fourth-order valence-corrected chi connectivity index (χ4v) is 12.2. The van der Waals surface area contributed by atoms with Crippen molar-refractivity contribution in [2.45, 2.75) is 108 Å². The molecule has 4 aromatic heterocycles. The third-order valence-corrected chi connectivity index (χ3v) is 16.9. The van der Waals surface area contributed by atoms with Crippen LogP contribution in [0.2, 0.25) is 0 Å². The van der Waals surface area contributed by atoms with E-state index in [0.717, 1.165) is 138 Å². The lowest BCUT2D eigenvalue weighted by Crippen LogP contribution is -2.48. The second-order valence-electron chi connectivity index (χ2n) is 22.4. The Morgan fingerprint density at radius 3 is 2.28 bits per heavy atom. The smallest absolute Gasteiger partial charge is 0.243 e. The second kappa shape index (κ2) is 23.4. The number of likely N-dealkylation sites (tertiary alicyclic amines) is 2. The molecule has 19 nitrogen and oxygen atoms in total. The summed E-state index contributed by atoms with van der Waals surface area (Å²) in [5, 5.41) is 30.8. The van der Waals surface area contributed by atoms with Crippen molar-refractivity contribution < 1.29 is 28.7 Å². The number of piperazine rings is 1. The van der Waals surface area contributed by atoms with Crippen molar-refractivity contribution in [3.8, 4) is 34.1 Å². The summed E-state index contributed by atoms with van der Waals surface area (Å²) < 4.78 is 20.8. The lowest BCUT2D eigenvalue weighted by Gasteiger charge is -2.41. The van der Waals surface area contributed by atoms with Crippen molar-refractivity contribution in [3.63, 3.8) is 0 Å². The van der Waals surface area contributed by atoms with Crippen LogP contribution in [0.5, 0.6) is 11.6 Å². The maximum atomic E-state index is 14.4. The summed E-state index contributed by atoms with van der Waals surface area (Å²) >= 11 is 0. The number of carbonyl (C=O) groups is 2. The zero-order valence-electron chi connectivity index (χ0n) is 45.5. The van der Waals surface area contributed by atoms with Crippen LogP contribution in [-0.2, 0) is 21.4 Å². The summed E-state index contributed by atoms with van der Waals surface area (Å²) in [7, 11) is 1.92. The van der Waals surface area contributed by atoms with E-state index in [9.17, 15) is 14.7 Å². The number of nitrogens with one attached hydrogen (secondary N) is 1. The molecular weight excluding hydrogens is 987 g/mol. The number of aromatic hydroxyl groups is 1. The molecule has 2 amide bonds. The number of benzene rings is 2. The Hall–Kier alpha value is -7.25. The van der Waals surface area contributed by atoms with Gasteiger partial charge in [0.25, 0.3) is 0 Å². The van der Waals surface area contributed by atoms with Gasteiger partial charge < -0.3 is 54.7 Å². The van der Waals surface area contributed by atoms with Gasteiger partial charge >= 0.3 is 0 Å². The Morgan fingerprint density at radius 2 is 1.55 bits per heavy atom. The molecule has 412 valence electrons. The van der Waals surface area contributed by atoms with Crippen molar-refractivity contribution in [2.24, 2.45) is 18.9 Å². The maximum Gasteiger partial charge on any atom is 0.243 e. The number of anilines is 4. The molecule has 11 rings (SSSR count). The molecule has 19 heteroatoms. The topological polar surface area (TPSA) is 210 Å². The molecule has 8 heterocycles. The van der Waals surface area contributed by atoms with Gasteiger partial charge in [0.2, 0.25) is 17.7 Å². The lowest BCUT2D eigenvalue weighted by atomic mass is 9.91. The highest BCUT2D eigenvalue weighted by molar-refractivity contribution is 5.91. The number of carbonyl (C=O) groups excluding carboxylic acids is 2. The number of aryl methyl sites for hydroxylation is 1. The molecule has 2 aromatic carbocycles. The molecule has 4 saturated heterocycles. The number of rotatable bonds is 17. The minimum atomic E-state index is -0.533. The lowest BCUT2D eigenvalue weighted by molar-refractivity contribution is -0.141. The highest BCUT2D eigenvalue weighted by Gasteiger charge is 2.41. The normalized spacial score (nSPS) is 21.4. The van der Waals surface area contributed by atoms with E-state index in [1.54, 1.807) is 23.2 Å². The van der Waals surface area contributed by atoms with Gasteiger partial charge in [0, 0.05) is 121 Å². The Balaban J connectivity index is 0.584. The number of nitrogens with zero attached hydrogens (tertiary/aromatic N) is 11. The van der Waals surface area contributed by atoms with Crippen molar-refractivity contribution in [2.75, 3.05) is 85.9 Å². The quantitative estimate of drug-likeness (QED) is 0.0810. The summed E-state index contributed by atoms with van der Waals surface area (Å²) in [6.45, 7) is 14.7. The van der Waals surface area contributed by atoms with Crippen LogP contribution in [-0.4, -0.2) is 147 Å². The Kier molecular flexibility index (Phi) is 15.8. The number of hydrogen-bond acceptors (Lipinski definition) is 16. The van der Waals surface area contributed by atoms with E-state index in [1.165, 1.54) is 0 Å². The van der Waals surface area contributed by atoms with Gasteiger partial charge in [-0.15, -0.1) is 10.2 Å². The molecule has 78 heavy (non-hydrogen) atoms. The number of phenols is 1. The number of hydrogen-bond donors (Lipinski definition) is 3. The van der Waals surface area contributed by atoms with Gasteiger partial charge in [0.15, 0.2) is 17.4 Å². The fraction of sp³-hybridized carbons (Fsp3) is 0.508. The highest BCUT2D eigenvalue weighted by atomic mass is 16.5. The molecule has 4 N–H and O–H groups in total. The SMILES string of the molecule is CC(C)[C@@H](C(=O)N1CCC[C@H]1C(=O)N[C@@H](C)c1ccc(-c2ccnn2C)cc1)c1cc(N2CCC(CN3CCC(OC4CC(Oc5cc(N6CCN(c7cc(-c8ccccc8O)nnc7N)CC6)ccn5)C4)CC3)CC2)no1. The van der Waals surface area contributed by atoms with E-state index in [2.05, 4.69) is 50.4 Å². The van der Waals surface area contributed by atoms with E-state index in [0.29, 0.717) is 47.6 Å². The van der Waals surface area contributed by atoms with E-state index >= 15 is 0 Å². The first-order valence-corrected chi connectivity index (χ1v) is 28.2. The van der Waals surface area contributed by atoms with E-state index in [4.69, 9.17) is 19.7 Å². The van der Waals surface area contributed by atoms with Crippen LogP contribution in [0.4, 0.5) is 23.0 Å². The summed E-state index contributed by atoms with van der Waals surface area (Å²) in [5.41, 5.74) is 12.5. The summed E-state index contributed by atoms with van der Waals surface area (Å²) in [4.78, 5) is 43.9. The number of para-hydroxylation sites is 1. The number of ether oxygens (including phenoxy) is 2. The zero-order chi connectivity index (χ0) is 53.9. The fourth-order valence-electron chi connectivity index (χ4n) is 12.2. The molecule has 3 atom stereocenters. The largest absolute Gasteiger partial charge is 0.507 e. The van der Waals surface area contributed by atoms with E-state index in [-0.39, 0.29) is 47.8 Å². The average molecular weight is 1060 g/mol. The van der Waals surface area contributed by atoms with Crippen LogP contribution in [0.25, 0.3) is 22.5 Å². The van der Waals surface area contributed by atoms with Gasteiger partial charge in [0.1, 0.15) is 23.8 Å². The molecule has 0 bridgehead atoms. The van der Waals surface area contributed by atoms with Crippen LogP contribution >= 0.6 is 0 Å². The third-order valence-electron chi connectivity index (χ3n) is 16.9. The number of pyridine rings is 1. The predicted octanol–water partition coefficient (Wildman–Crippen LogP) is 7.46. The Morgan fingerprint density at radius 1 is 0.795 bits per heavy atom. The standard InChI is InChI=1S/C59H75N13O6/c1-38(2)56(59(75)72-23-7-9-50(72)58(74)63-39(3)41-11-13-42(14-12-41)49-16-22-62-67(49)4)53-36-54(66-78-53)71-26-17-40(18-27-71)37-68-24-19-44(20-25-68)76-45-33-46(34-45)77-55-32-43(15-21-61-55)69-28-30-70(31-29-69)51-35-48(64-65-57(51)60)47-8-5-6-10-52(47)73/h5-6,8,10-16,21-22,32,35-36,38-40,44-46,50,56,73H,7,9,17-20,23-31,33-34,37H2,1-4H3,(H2,60,65)(H,63,74)/t39-,45?,46?,50-,56+/m0/s1. The monoisotopic (exact) mass is 1060 g/mol. The molecule has 0 spiro atoms. The summed E-state index contributed by atoms with van der Waals surface area (Å²) in [6, 6.07) is 24.5. The molecule has 5 aliphatic rings. The Bertz CT molecular complexity index is 2990. The number of amides is 2.